The van der Waals surface area contributed by atoms with Gasteiger partial charge in [0.2, 0.25) is 0 Å². The second kappa shape index (κ2) is 1.73. The number of rotatable bonds is 0. The van der Waals surface area contributed by atoms with Crippen molar-refractivity contribution in [2.24, 2.45) is 11.7 Å². The van der Waals surface area contributed by atoms with Crippen molar-refractivity contribution in [3.05, 3.63) is 0 Å². The summed E-state index contributed by atoms with van der Waals surface area (Å²) in [4.78, 5) is 0. The van der Waals surface area contributed by atoms with Crippen molar-refractivity contribution in [3.63, 3.8) is 0 Å². The Morgan fingerprint density at radius 2 is 2.25 bits per heavy atom. The molecule has 0 heterocycles. The van der Waals surface area contributed by atoms with Gasteiger partial charge in [-0.25, -0.2) is 0 Å². The van der Waals surface area contributed by atoms with Gasteiger partial charge in [-0.2, -0.15) is 0 Å². The molecular weight excluding hydrogens is 98.1 g/mol. The predicted molar refractivity (Wildman–Crippen MR) is 35.6 cm³/mol. The third kappa shape index (κ3) is 1.22. The molecular formula is C7H15N. The molecule has 1 aliphatic rings. The number of hydrogen-bond donors (Lipinski definition) is 1. The van der Waals surface area contributed by atoms with Crippen molar-refractivity contribution >= 4 is 0 Å². The topological polar surface area (TPSA) is 26.0 Å². The van der Waals surface area contributed by atoms with Crippen LogP contribution in [0.5, 0.6) is 0 Å². The molecule has 1 fully saturated rings. The maximum atomic E-state index is 5.87. The van der Waals surface area contributed by atoms with Crippen LogP contribution in [-0.2, 0) is 0 Å². The third-order valence-corrected chi connectivity index (χ3v) is 2.02. The van der Waals surface area contributed by atoms with Crippen LogP contribution in [0, 0.1) is 5.92 Å². The normalized spacial score (nSPS) is 47.6. The lowest BCUT2D eigenvalue weighted by Crippen LogP contribution is -2.32. The summed E-state index contributed by atoms with van der Waals surface area (Å²) < 4.78 is 0. The Labute approximate surface area is 51.3 Å². The van der Waals surface area contributed by atoms with E-state index in [-0.39, 0.29) is 5.54 Å². The lowest BCUT2D eigenvalue weighted by Gasteiger charge is -2.15. The molecule has 0 aromatic heterocycles. The van der Waals surface area contributed by atoms with Crippen molar-refractivity contribution in [2.75, 3.05) is 0 Å². The van der Waals surface area contributed by atoms with Crippen molar-refractivity contribution in [1.29, 1.82) is 0 Å². The van der Waals surface area contributed by atoms with E-state index in [0.29, 0.717) is 0 Å². The Morgan fingerprint density at radius 3 is 2.38 bits per heavy atom. The molecule has 0 aliphatic heterocycles. The molecule has 0 radical (unpaired) electrons. The molecule has 0 saturated heterocycles. The number of nitrogens with two attached hydrogens (primary N) is 1. The molecule has 8 heavy (non-hydrogen) atoms. The average Bonchev–Trinajstić information content (AvgIpc) is 1.82. The van der Waals surface area contributed by atoms with E-state index in [0.717, 1.165) is 5.92 Å². The van der Waals surface area contributed by atoms with Gasteiger partial charge in [0.25, 0.3) is 0 Å². The minimum Gasteiger partial charge on any atom is -0.325 e. The van der Waals surface area contributed by atoms with Gasteiger partial charge in [0.15, 0.2) is 0 Å². The van der Waals surface area contributed by atoms with Gasteiger partial charge in [-0.3, -0.25) is 0 Å². The molecule has 0 aromatic carbocycles. The van der Waals surface area contributed by atoms with Crippen LogP contribution >= 0.6 is 0 Å². The Balaban J connectivity index is 2.44. The monoisotopic (exact) mass is 113 g/mol. The van der Waals surface area contributed by atoms with Crippen molar-refractivity contribution in [2.45, 2.75) is 38.6 Å². The molecule has 2 N–H and O–H groups in total. The van der Waals surface area contributed by atoms with E-state index < -0.39 is 0 Å². The Morgan fingerprint density at radius 1 is 1.62 bits per heavy atom. The van der Waals surface area contributed by atoms with E-state index in [1.165, 1.54) is 19.3 Å². The largest absolute Gasteiger partial charge is 0.325 e. The highest BCUT2D eigenvalue weighted by molar-refractivity contribution is 4.87. The maximum absolute atomic E-state index is 5.87. The molecule has 48 valence electrons. The fourth-order valence-electron chi connectivity index (χ4n) is 1.58. The highest BCUT2D eigenvalue weighted by atomic mass is 14.7. The quantitative estimate of drug-likeness (QED) is 0.506. The molecule has 0 spiro atoms. The fraction of sp³-hybridized carbons (Fsp3) is 1.00. The predicted octanol–water partition coefficient (Wildman–Crippen LogP) is 1.52. The number of hydrogen-bond acceptors (Lipinski definition) is 1. The van der Waals surface area contributed by atoms with E-state index in [4.69, 9.17) is 5.73 Å². The maximum Gasteiger partial charge on any atom is 0.0128 e. The zero-order chi connectivity index (χ0) is 6.20. The van der Waals surface area contributed by atoms with Crippen LogP contribution in [0.25, 0.3) is 0 Å². The summed E-state index contributed by atoms with van der Waals surface area (Å²) in [6.45, 7) is 4.43. The highest BCUT2D eigenvalue weighted by Gasteiger charge is 2.28. The Kier molecular flexibility index (Phi) is 1.31. The van der Waals surface area contributed by atoms with Gasteiger partial charge in [0, 0.05) is 5.54 Å². The first-order chi connectivity index (χ1) is 3.60. The van der Waals surface area contributed by atoms with Crippen LogP contribution in [0.1, 0.15) is 33.1 Å². The van der Waals surface area contributed by atoms with Crippen LogP contribution in [-0.4, -0.2) is 5.54 Å². The second-order valence-corrected chi connectivity index (χ2v) is 3.50. The van der Waals surface area contributed by atoms with E-state index in [1.54, 1.807) is 0 Å². The summed E-state index contributed by atoms with van der Waals surface area (Å²) in [5.74, 6) is 0.866. The second-order valence-electron chi connectivity index (χ2n) is 3.50. The van der Waals surface area contributed by atoms with Gasteiger partial charge in [0.05, 0.1) is 0 Å². The third-order valence-electron chi connectivity index (χ3n) is 2.02. The van der Waals surface area contributed by atoms with Gasteiger partial charge in [-0.15, -0.1) is 0 Å². The Hall–Kier alpha value is -0.0400. The first-order valence-corrected chi connectivity index (χ1v) is 3.39. The van der Waals surface area contributed by atoms with Crippen LogP contribution < -0.4 is 5.73 Å². The van der Waals surface area contributed by atoms with Crippen molar-refractivity contribution in [3.8, 4) is 0 Å². The molecule has 1 nitrogen and oxygen atoms in total. The smallest absolute Gasteiger partial charge is 0.0128 e. The SMILES string of the molecule is C[C@@H]1CC[C@](C)(N)C1. The zero-order valence-corrected chi connectivity index (χ0v) is 5.78. The summed E-state index contributed by atoms with van der Waals surface area (Å²) in [7, 11) is 0. The molecule has 1 aliphatic carbocycles. The van der Waals surface area contributed by atoms with Crippen molar-refractivity contribution < 1.29 is 0 Å². The van der Waals surface area contributed by atoms with Crippen LogP contribution in [0.3, 0.4) is 0 Å². The Bertz CT molecular complexity index is 86.4. The lowest BCUT2D eigenvalue weighted by molar-refractivity contribution is 0.464. The van der Waals surface area contributed by atoms with Crippen molar-refractivity contribution in [1.82, 2.24) is 0 Å². The van der Waals surface area contributed by atoms with Gasteiger partial charge in [-0.05, 0) is 32.1 Å². The lowest BCUT2D eigenvalue weighted by atomic mass is 10.0. The molecule has 1 saturated carbocycles. The van der Waals surface area contributed by atoms with Crippen LogP contribution in [0.4, 0.5) is 0 Å². The van der Waals surface area contributed by atoms with Crippen LogP contribution in [0.15, 0.2) is 0 Å². The summed E-state index contributed by atoms with van der Waals surface area (Å²) in [5.41, 5.74) is 6.03. The standard InChI is InChI=1S/C7H15N/c1-6-3-4-7(2,8)5-6/h6H,3-5,8H2,1-2H3/t6-,7+/m1/s1. The molecule has 0 aromatic rings. The van der Waals surface area contributed by atoms with Gasteiger partial charge >= 0.3 is 0 Å². The first kappa shape index (κ1) is 6.09. The molecule has 0 amide bonds. The van der Waals surface area contributed by atoms with E-state index in [9.17, 15) is 0 Å². The summed E-state index contributed by atoms with van der Waals surface area (Å²) in [5, 5.41) is 0. The highest BCUT2D eigenvalue weighted by Crippen LogP contribution is 2.31. The van der Waals surface area contributed by atoms with E-state index >= 15 is 0 Å². The molecule has 0 bridgehead atoms. The van der Waals surface area contributed by atoms with E-state index in [2.05, 4.69) is 13.8 Å². The molecule has 1 heteroatoms. The van der Waals surface area contributed by atoms with Crippen LogP contribution in [0.2, 0.25) is 0 Å². The summed E-state index contributed by atoms with van der Waals surface area (Å²) in [6, 6.07) is 0. The first-order valence-electron chi connectivity index (χ1n) is 3.39. The van der Waals surface area contributed by atoms with Gasteiger partial charge in [-0.1, -0.05) is 6.92 Å². The molecule has 1 rings (SSSR count). The average molecular weight is 113 g/mol. The summed E-state index contributed by atoms with van der Waals surface area (Å²) in [6.07, 6.45) is 3.76. The van der Waals surface area contributed by atoms with Gasteiger partial charge in [0.1, 0.15) is 0 Å². The molecule has 2 atom stereocenters. The van der Waals surface area contributed by atoms with E-state index in [1.807, 2.05) is 0 Å². The molecule has 0 unspecified atom stereocenters. The zero-order valence-electron chi connectivity index (χ0n) is 5.78. The minimum absolute atomic E-state index is 0.166. The minimum atomic E-state index is 0.166. The fourth-order valence-corrected chi connectivity index (χ4v) is 1.58. The summed E-state index contributed by atoms with van der Waals surface area (Å²) >= 11 is 0. The van der Waals surface area contributed by atoms with Gasteiger partial charge < -0.3 is 5.73 Å².